The second kappa shape index (κ2) is 12.6. The van der Waals surface area contributed by atoms with Gasteiger partial charge in [-0.05, 0) is 32.1 Å². The second-order valence-electron chi connectivity index (χ2n) is 6.98. The molecule has 0 aliphatic carbocycles. The summed E-state index contributed by atoms with van der Waals surface area (Å²) in [5.41, 5.74) is 0.230. The fraction of sp³-hybridized carbons (Fsp3) is 0.789. The zero-order chi connectivity index (χ0) is 19.4. The summed E-state index contributed by atoms with van der Waals surface area (Å²) in [6.07, 6.45) is 9.08. The van der Waals surface area contributed by atoms with Crippen molar-refractivity contribution in [3.8, 4) is 5.88 Å². The largest absolute Gasteiger partial charge is 0.493 e. The average Bonchev–Trinajstić information content (AvgIpc) is 2.85. The number of aromatic nitrogens is 2. The number of imidazole rings is 1. The summed E-state index contributed by atoms with van der Waals surface area (Å²) in [4.78, 5) is 24.9. The highest BCUT2D eigenvalue weighted by Crippen LogP contribution is 2.17. The minimum atomic E-state index is -0.782. The van der Waals surface area contributed by atoms with Crippen molar-refractivity contribution in [2.45, 2.75) is 96.6 Å². The number of unbranched alkanes of at least 4 members (excludes halogenated alkanes) is 6. The molecule has 0 amide bonds. The van der Waals surface area contributed by atoms with Crippen molar-refractivity contribution in [2.75, 3.05) is 0 Å². The number of aliphatic carboxylic acids is 1. The maximum atomic E-state index is 12.0. The van der Waals surface area contributed by atoms with Gasteiger partial charge >= 0.3 is 11.7 Å². The zero-order valence-corrected chi connectivity index (χ0v) is 15.9. The molecule has 1 unspecified atom stereocenters. The maximum Gasteiger partial charge on any atom is 0.328 e. The molecule has 1 aromatic heterocycles. The van der Waals surface area contributed by atoms with Gasteiger partial charge in [0.15, 0.2) is 0 Å². The van der Waals surface area contributed by atoms with Crippen LogP contribution in [0.3, 0.4) is 0 Å². The molecule has 1 atom stereocenters. The topological polar surface area (TPSA) is 116 Å². The first-order valence-corrected chi connectivity index (χ1v) is 9.86. The van der Waals surface area contributed by atoms with Crippen LogP contribution in [0.5, 0.6) is 5.88 Å². The van der Waals surface area contributed by atoms with E-state index in [1.165, 1.54) is 11.0 Å². The van der Waals surface area contributed by atoms with Crippen LogP contribution in [0.15, 0.2) is 4.79 Å². The monoisotopic (exact) mass is 370 g/mol. The summed E-state index contributed by atoms with van der Waals surface area (Å²) in [5, 5.41) is 28.6. The Labute approximate surface area is 155 Å². The van der Waals surface area contributed by atoms with Crippen LogP contribution in [-0.4, -0.2) is 36.9 Å². The van der Waals surface area contributed by atoms with Crippen molar-refractivity contribution in [3.63, 3.8) is 0 Å². The lowest BCUT2D eigenvalue weighted by Crippen LogP contribution is -2.22. The van der Waals surface area contributed by atoms with E-state index >= 15 is 0 Å². The zero-order valence-electron chi connectivity index (χ0n) is 15.9. The minimum Gasteiger partial charge on any atom is -0.493 e. The molecular weight excluding hydrogens is 336 g/mol. The number of aliphatic hydroxyl groups excluding tert-OH is 1. The lowest BCUT2D eigenvalue weighted by Gasteiger charge is -2.12. The number of aliphatic hydroxyl groups is 1. The molecule has 0 aliphatic rings. The van der Waals surface area contributed by atoms with Crippen molar-refractivity contribution in [3.05, 3.63) is 16.2 Å². The Bertz CT molecular complexity index is 579. The summed E-state index contributed by atoms with van der Waals surface area (Å²) in [6.45, 7) is 2.54. The highest BCUT2D eigenvalue weighted by Gasteiger charge is 2.14. The minimum absolute atomic E-state index is 0.0991. The molecule has 7 nitrogen and oxygen atoms in total. The number of hydrogen-bond acceptors (Lipinski definition) is 4. The van der Waals surface area contributed by atoms with Gasteiger partial charge in [0.1, 0.15) is 0 Å². The Balaban J connectivity index is 2.41. The molecule has 26 heavy (non-hydrogen) atoms. The first kappa shape index (κ1) is 22.3. The van der Waals surface area contributed by atoms with Gasteiger partial charge in [0, 0.05) is 13.0 Å². The van der Waals surface area contributed by atoms with E-state index in [1.807, 2.05) is 0 Å². The molecule has 4 N–H and O–H groups in total. The number of carbonyl (C=O) groups is 1. The maximum absolute atomic E-state index is 12.0. The number of nitrogens with one attached hydrogen (secondary N) is 1. The molecule has 7 heteroatoms. The first-order valence-electron chi connectivity index (χ1n) is 9.86. The fourth-order valence-corrected chi connectivity index (χ4v) is 3.13. The molecule has 0 spiro atoms. The SMILES string of the molecule is CCCCCCC(O)CCn1c(CCCCCCC(=O)O)c(O)[nH]c1=O. The van der Waals surface area contributed by atoms with Gasteiger partial charge < -0.3 is 15.3 Å². The van der Waals surface area contributed by atoms with Crippen LogP contribution in [0, 0.1) is 0 Å². The Morgan fingerprint density at radius 3 is 2.46 bits per heavy atom. The van der Waals surface area contributed by atoms with E-state index in [9.17, 15) is 19.8 Å². The van der Waals surface area contributed by atoms with Crippen molar-refractivity contribution < 1.29 is 20.1 Å². The Hall–Kier alpha value is -1.76. The number of rotatable bonds is 15. The average molecular weight is 370 g/mol. The molecule has 0 saturated heterocycles. The predicted octanol–water partition coefficient (Wildman–Crippen LogP) is 3.18. The second-order valence-corrected chi connectivity index (χ2v) is 6.98. The van der Waals surface area contributed by atoms with E-state index in [1.54, 1.807) is 0 Å². The molecule has 0 bridgehead atoms. The molecule has 150 valence electrons. The normalized spacial score (nSPS) is 12.4. The predicted molar refractivity (Wildman–Crippen MR) is 101 cm³/mol. The van der Waals surface area contributed by atoms with E-state index in [4.69, 9.17) is 5.11 Å². The molecule has 0 radical (unpaired) electrons. The number of hydrogen-bond donors (Lipinski definition) is 4. The number of aromatic amines is 1. The van der Waals surface area contributed by atoms with Crippen LogP contribution in [0.2, 0.25) is 0 Å². The van der Waals surface area contributed by atoms with E-state index in [0.717, 1.165) is 44.9 Å². The number of aromatic hydroxyl groups is 1. The standard InChI is InChI=1S/C19H34N2O5/c1-2-3-4-7-10-15(22)13-14-21-16(18(25)20-19(21)26)11-8-5-6-9-12-17(23)24/h15,22,25H,2-14H2,1H3,(H,20,26)(H,23,24). The van der Waals surface area contributed by atoms with Gasteiger partial charge in [0.2, 0.25) is 5.88 Å². The summed E-state index contributed by atoms with van der Waals surface area (Å²) in [7, 11) is 0. The van der Waals surface area contributed by atoms with Crippen molar-refractivity contribution in [1.82, 2.24) is 9.55 Å². The van der Waals surface area contributed by atoms with Crippen LogP contribution in [0.1, 0.15) is 83.2 Å². The summed E-state index contributed by atoms with van der Waals surface area (Å²) in [6, 6.07) is 0. The van der Waals surface area contributed by atoms with E-state index in [0.29, 0.717) is 31.5 Å². The third kappa shape index (κ3) is 8.56. The lowest BCUT2D eigenvalue weighted by molar-refractivity contribution is -0.137. The Kier molecular flexibility index (Phi) is 10.8. The Morgan fingerprint density at radius 1 is 1.08 bits per heavy atom. The molecule has 1 rings (SSSR count). The molecule has 0 saturated carbocycles. The summed E-state index contributed by atoms with van der Waals surface area (Å²) < 4.78 is 1.52. The highest BCUT2D eigenvalue weighted by molar-refractivity contribution is 5.66. The molecule has 0 aromatic carbocycles. The van der Waals surface area contributed by atoms with Gasteiger partial charge in [-0.3, -0.25) is 14.3 Å². The van der Waals surface area contributed by atoms with Crippen LogP contribution < -0.4 is 5.69 Å². The fourth-order valence-electron chi connectivity index (χ4n) is 3.13. The van der Waals surface area contributed by atoms with Crippen LogP contribution in [-0.2, 0) is 17.8 Å². The summed E-state index contributed by atoms with van der Waals surface area (Å²) >= 11 is 0. The molecule has 1 heterocycles. The molecule has 1 aromatic rings. The highest BCUT2D eigenvalue weighted by atomic mass is 16.4. The van der Waals surface area contributed by atoms with E-state index in [2.05, 4.69) is 11.9 Å². The third-order valence-electron chi connectivity index (χ3n) is 4.70. The van der Waals surface area contributed by atoms with Gasteiger partial charge in [-0.2, -0.15) is 0 Å². The van der Waals surface area contributed by atoms with Gasteiger partial charge in [-0.1, -0.05) is 45.4 Å². The number of H-pyrrole nitrogens is 1. The number of carboxylic acid groups (broad SMARTS) is 1. The summed E-state index contributed by atoms with van der Waals surface area (Å²) in [5.74, 6) is -0.881. The van der Waals surface area contributed by atoms with Gasteiger partial charge in [0.05, 0.1) is 11.8 Å². The smallest absolute Gasteiger partial charge is 0.328 e. The third-order valence-corrected chi connectivity index (χ3v) is 4.70. The van der Waals surface area contributed by atoms with Crippen LogP contribution in [0.4, 0.5) is 0 Å². The van der Waals surface area contributed by atoms with Crippen LogP contribution in [0.25, 0.3) is 0 Å². The van der Waals surface area contributed by atoms with E-state index in [-0.39, 0.29) is 18.0 Å². The van der Waals surface area contributed by atoms with E-state index < -0.39 is 12.1 Å². The van der Waals surface area contributed by atoms with Crippen molar-refractivity contribution in [2.24, 2.45) is 0 Å². The first-order chi connectivity index (χ1) is 12.5. The number of carboxylic acids is 1. The Morgan fingerprint density at radius 2 is 1.77 bits per heavy atom. The van der Waals surface area contributed by atoms with Crippen molar-refractivity contribution >= 4 is 5.97 Å². The van der Waals surface area contributed by atoms with Gasteiger partial charge in [-0.15, -0.1) is 0 Å². The molecule has 0 fully saturated rings. The van der Waals surface area contributed by atoms with Crippen LogP contribution >= 0.6 is 0 Å². The molecule has 0 aliphatic heterocycles. The lowest BCUT2D eigenvalue weighted by atomic mass is 10.1. The molecular formula is C19H34N2O5. The van der Waals surface area contributed by atoms with Gasteiger partial charge in [-0.25, -0.2) is 4.79 Å². The number of nitrogens with zero attached hydrogens (tertiary/aromatic N) is 1. The van der Waals surface area contributed by atoms with Crippen molar-refractivity contribution in [1.29, 1.82) is 0 Å². The quantitative estimate of drug-likeness (QED) is 0.354. The van der Waals surface area contributed by atoms with Gasteiger partial charge in [0.25, 0.3) is 0 Å².